The first-order chi connectivity index (χ1) is 11.0. The minimum absolute atomic E-state index is 0.0739. The minimum Gasteiger partial charge on any atom is -0.360 e. The molecule has 1 aromatic carbocycles. The van der Waals surface area contributed by atoms with Crippen molar-refractivity contribution >= 4 is 38.8 Å². The van der Waals surface area contributed by atoms with Crippen molar-refractivity contribution in [3.8, 4) is 0 Å². The molecule has 0 spiro atoms. The highest BCUT2D eigenvalue weighted by Crippen LogP contribution is 2.30. The molecule has 7 nitrogen and oxygen atoms in total. The van der Waals surface area contributed by atoms with Gasteiger partial charge in [-0.1, -0.05) is 28.3 Å². The number of hydrogen-bond donors (Lipinski definition) is 1. The van der Waals surface area contributed by atoms with Gasteiger partial charge in [0.15, 0.2) is 15.0 Å². The van der Waals surface area contributed by atoms with E-state index in [9.17, 15) is 8.42 Å². The summed E-state index contributed by atoms with van der Waals surface area (Å²) in [6.45, 7) is 3.16. The summed E-state index contributed by atoms with van der Waals surface area (Å²) in [7, 11) is -3.73. The molecular weight excluding hydrogens is 356 g/mol. The third-order valence-electron chi connectivity index (χ3n) is 2.89. The molecule has 23 heavy (non-hydrogen) atoms. The number of aryl methyl sites for hydroxylation is 2. The molecule has 0 unspecified atom stereocenters. The molecule has 0 radical (unpaired) electrons. The molecule has 0 saturated heterocycles. The third kappa shape index (κ3) is 3.54. The Morgan fingerprint density at radius 2 is 1.96 bits per heavy atom. The Kier molecular flexibility index (Phi) is 4.37. The molecule has 120 valence electrons. The summed E-state index contributed by atoms with van der Waals surface area (Å²) in [5.74, 6) is 0.262. The van der Waals surface area contributed by atoms with E-state index in [1.807, 2.05) is 12.1 Å². The second kappa shape index (κ2) is 6.30. The van der Waals surface area contributed by atoms with E-state index in [0.29, 0.717) is 11.4 Å². The number of sulfonamides is 1. The van der Waals surface area contributed by atoms with Gasteiger partial charge >= 0.3 is 0 Å². The number of benzene rings is 1. The van der Waals surface area contributed by atoms with Crippen LogP contribution in [-0.2, 0) is 10.0 Å². The van der Waals surface area contributed by atoms with Crippen molar-refractivity contribution in [2.45, 2.75) is 28.0 Å². The van der Waals surface area contributed by atoms with Gasteiger partial charge in [0, 0.05) is 10.6 Å². The molecule has 3 rings (SSSR count). The van der Waals surface area contributed by atoms with Crippen molar-refractivity contribution in [3.05, 3.63) is 41.2 Å². The van der Waals surface area contributed by atoms with Crippen LogP contribution in [0.15, 0.2) is 48.4 Å². The summed E-state index contributed by atoms with van der Waals surface area (Å²) >= 11 is 2.91. The van der Waals surface area contributed by atoms with Gasteiger partial charge in [-0.15, -0.1) is 10.2 Å². The van der Waals surface area contributed by atoms with Crippen LogP contribution in [-0.4, -0.2) is 23.8 Å². The first kappa shape index (κ1) is 16.0. The number of rotatable bonds is 5. The zero-order chi connectivity index (χ0) is 16.4. The fraction of sp³-hybridized carbons (Fsp3) is 0.154. The first-order valence-electron chi connectivity index (χ1n) is 6.45. The minimum atomic E-state index is -3.73. The van der Waals surface area contributed by atoms with Crippen molar-refractivity contribution in [2.24, 2.45) is 0 Å². The van der Waals surface area contributed by atoms with Crippen LogP contribution in [0.1, 0.15) is 11.5 Å². The number of nitrogens with one attached hydrogen (secondary N) is 1. The monoisotopic (exact) mass is 368 g/mol. The maximum atomic E-state index is 12.4. The highest BCUT2D eigenvalue weighted by Gasteiger charge is 2.24. The molecule has 0 fully saturated rings. The van der Waals surface area contributed by atoms with Crippen LogP contribution in [0.2, 0.25) is 0 Å². The lowest BCUT2D eigenvalue weighted by atomic mass is 10.3. The Morgan fingerprint density at radius 3 is 2.52 bits per heavy atom. The second-order valence-electron chi connectivity index (χ2n) is 4.59. The lowest BCUT2D eigenvalue weighted by Crippen LogP contribution is -2.14. The Bertz CT molecular complexity index is 883. The predicted molar refractivity (Wildman–Crippen MR) is 87.3 cm³/mol. The number of anilines is 1. The molecule has 3 aromatic rings. The average Bonchev–Trinajstić information content (AvgIpc) is 3.11. The second-order valence-corrected chi connectivity index (χ2v) is 8.36. The zero-order valence-corrected chi connectivity index (χ0v) is 14.6. The van der Waals surface area contributed by atoms with Gasteiger partial charge in [0.2, 0.25) is 0 Å². The van der Waals surface area contributed by atoms with Gasteiger partial charge < -0.3 is 4.52 Å². The van der Waals surface area contributed by atoms with Crippen LogP contribution in [0.25, 0.3) is 0 Å². The Balaban J connectivity index is 1.78. The van der Waals surface area contributed by atoms with E-state index in [-0.39, 0.29) is 10.7 Å². The smallest absolute Gasteiger partial charge is 0.267 e. The number of aromatic nitrogens is 3. The highest BCUT2D eigenvalue weighted by atomic mass is 32.2. The number of nitrogens with zero attached hydrogens (tertiary/aromatic N) is 3. The van der Waals surface area contributed by atoms with E-state index >= 15 is 0 Å². The topological polar surface area (TPSA) is 98.0 Å². The maximum Gasteiger partial charge on any atom is 0.267 e. The molecule has 1 N–H and O–H groups in total. The molecule has 0 aliphatic rings. The summed E-state index contributed by atoms with van der Waals surface area (Å²) in [6, 6.07) is 7.02. The molecule has 0 amide bonds. The largest absolute Gasteiger partial charge is 0.360 e. The van der Waals surface area contributed by atoms with Gasteiger partial charge in [-0.25, -0.2) is 8.42 Å². The average molecular weight is 368 g/mol. The normalized spacial score (nSPS) is 11.6. The van der Waals surface area contributed by atoms with Gasteiger partial charge in [0.05, 0.1) is 0 Å². The summed E-state index contributed by atoms with van der Waals surface area (Å²) in [5, 5.41) is 11.4. The molecule has 0 aliphatic carbocycles. The zero-order valence-electron chi connectivity index (χ0n) is 12.2. The molecule has 2 heterocycles. The quantitative estimate of drug-likeness (QED) is 0.739. The van der Waals surface area contributed by atoms with Crippen molar-refractivity contribution in [3.63, 3.8) is 0 Å². The van der Waals surface area contributed by atoms with E-state index in [1.54, 1.807) is 31.5 Å². The van der Waals surface area contributed by atoms with Crippen LogP contribution in [0, 0.1) is 13.8 Å². The molecule has 0 atom stereocenters. The highest BCUT2D eigenvalue weighted by molar-refractivity contribution is 8.01. The van der Waals surface area contributed by atoms with Crippen molar-refractivity contribution in [2.75, 3.05) is 4.72 Å². The fourth-order valence-electron chi connectivity index (χ4n) is 1.96. The van der Waals surface area contributed by atoms with E-state index < -0.39 is 10.0 Å². The van der Waals surface area contributed by atoms with Gasteiger partial charge in [0.25, 0.3) is 10.0 Å². The summed E-state index contributed by atoms with van der Waals surface area (Å²) in [4.78, 5) is 1.02. The van der Waals surface area contributed by atoms with Crippen LogP contribution >= 0.6 is 23.1 Å². The summed E-state index contributed by atoms with van der Waals surface area (Å²) < 4.78 is 33.1. The van der Waals surface area contributed by atoms with Gasteiger partial charge in [-0.2, -0.15) is 0 Å². The molecule has 10 heteroatoms. The maximum absolute atomic E-state index is 12.4. The predicted octanol–water partition coefficient (Wildman–Crippen LogP) is 3.09. The van der Waals surface area contributed by atoms with Crippen LogP contribution in [0.5, 0.6) is 0 Å². The third-order valence-corrected chi connectivity index (χ3v) is 6.30. The van der Waals surface area contributed by atoms with Gasteiger partial charge in [-0.05, 0) is 38.1 Å². The van der Waals surface area contributed by atoms with E-state index in [0.717, 1.165) is 9.24 Å². The van der Waals surface area contributed by atoms with Crippen molar-refractivity contribution in [1.29, 1.82) is 0 Å². The summed E-state index contributed by atoms with van der Waals surface area (Å²) in [5.41, 5.74) is 2.46. The Morgan fingerprint density at radius 1 is 1.22 bits per heavy atom. The van der Waals surface area contributed by atoms with Crippen LogP contribution < -0.4 is 4.72 Å². The molecular formula is C13H12N4O3S3. The van der Waals surface area contributed by atoms with E-state index in [4.69, 9.17) is 4.52 Å². The molecule has 2 aromatic heterocycles. The summed E-state index contributed by atoms with van der Waals surface area (Å²) in [6.07, 6.45) is 0. The van der Waals surface area contributed by atoms with Gasteiger partial charge in [0.1, 0.15) is 11.2 Å². The standard InChI is InChI=1S/C13H12N4O3S3/c1-8-12(9(2)20-16-8)23(18,19)17-10-3-5-11(6-4-10)22-13-15-14-7-21-13/h3-7,17H,1-2H3. The SMILES string of the molecule is Cc1noc(C)c1S(=O)(=O)Nc1ccc(Sc2nncs2)cc1. The molecule has 0 bridgehead atoms. The van der Waals surface area contributed by atoms with Crippen LogP contribution in [0.3, 0.4) is 0 Å². The molecule has 0 saturated carbocycles. The lowest BCUT2D eigenvalue weighted by molar-refractivity contribution is 0.390. The fourth-order valence-corrected chi connectivity index (χ4v) is 4.80. The lowest BCUT2D eigenvalue weighted by Gasteiger charge is -2.08. The first-order valence-corrected chi connectivity index (χ1v) is 9.63. The number of hydrogen-bond acceptors (Lipinski definition) is 8. The molecule has 0 aliphatic heterocycles. The van der Waals surface area contributed by atoms with Crippen molar-refractivity contribution in [1.82, 2.24) is 15.4 Å². The Labute approximate surface area is 141 Å². The van der Waals surface area contributed by atoms with Crippen LogP contribution in [0.4, 0.5) is 5.69 Å². The van der Waals surface area contributed by atoms with Gasteiger partial charge in [-0.3, -0.25) is 4.72 Å². The Hall–Kier alpha value is -1.91. The van der Waals surface area contributed by atoms with Crippen molar-refractivity contribution < 1.29 is 12.9 Å². The van der Waals surface area contributed by atoms with E-state index in [2.05, 4.69) is 20.1 Å². The van der Waals surface area contributed by atoms with E-state index in [1.165, 1.54) is 23.1 Å².